The van der Waals surface area contributed by atoms with Crippen molar-refractivity contribution in [2.75, 3.05) is 18.0 Å². The summed E-state index contributed by atoms with van der Waals surface area (Å²) in [4.78, 5) is 33.9. The predicted octanol–water partition coefficient (Wildman–Crippen LogP) is 4.15. The standard InChI is InChI=1S/C22H27N3O2/c1-3-18-10-8-9-15-25(18)21(26)17-13-14-23-20(16-17)22(27)24(4-2)19-11-6-5-7-12-19/h5-7,11-14,16,18H,3-4,8-10,15H2,1-2H3. The number of nitrogens with zero attached hydrogens (tertiary/aromatic N) is 3. The lowest BCUT2D eigenvalue weighted by molar-refractivity contribution is 0.0608. The van der Waals surface area contributed by atoms with E-state index in [9.17, 15) is 9.59 Å². The van der Waals surface area contributed by atoms with Crippen LogP contribution in [0.2, 0.25) is 0 Å². The number of carbonyl (C=O) groups is 2. The molecule has 0 saturated carbocycles. The number of benzene rings is 1. The number of anilines is 1. The minimum Gasteiger partial charge on any atom is -0.336 e. The molecule has 1 aromatic carbocycles. The summed E-state index contributed by atoms with van der Waals surface area (Å²) in [7, 11) is 0. The molecule has 1 fully saturated rings. The molecule has 1 unspecified atom stereocenters. The number of para-hydroxylation sites is 1. The van der Waals surface area contributed by atoms with E-state index in [0.717, 1.165) is 31.5 Å². The topological polar surface area (TPSA) is 53.5 Å². The third kappa shape index (κ3) is 4.18. The molecule has 142 valence electrons. The molecule has 0 bridgehead atoms. The monoisotopic (exact) mass is 365 g/mol. The average molecular weight is 365 g/mol. The molecule has 5 heteroatoms. The second kappa shape index (κ2) is 8.80. The Morgan fingerprint density at radius 1 is 1.15 bits per heavy atom. The first-order chi connectivity index (χ1) is 13.2. The van der Waals surface area contributed by atoms with Gasteiger partial charge in [0.25, 0.3) is 11.8 Å². The van der Waals surface area contributed by atoms with Crippen LogP contribution in [0.1, 0.15) is 60.4 Å². The van der Waals surface area contributed by atoms with E-state index >= 15 is 0 Å². The Balaban J connectivity index is 1.84. The number of amides is 2. The molecule has 1 aliphatic heterocycles. The zero-order chi connectivity index (χ0) is 19.2. The average Bonchev–Trinajstić information content (AvgIpc) is 2.74. The summed E-state index contributed by atoms with van der Waals surface area (Å²) >= 11 is 0. The quantitative estimate of drug-likeness (QED) is 0.800. The Morgan fingerprint density at radius 2 is 1.93 bits per heavy atom. The van der Waals surface area contributed by atoms with Crippen molar-refractivity contribution in [3.05, 3.63) is 59.9 Å². The zero-order valence-electron chi connectivity index (χ0n) is 16.1. The molecule has 0 spiro atoms. The molecule has 1 aromatic heterocycles. The van der Waals surface area contributed by atoms with Crippen molar-refractivity contribution in [3.63, 3.8) is 0 Å². The first-order valence-corrected chi connectivity index (χ1v) is 9.79. The lowest BCUT2D eigenvalue weighted by atomic mass is 9.99. The van der Waals surface area contributed by atoms with Crippen LogP contribution in [0.4, 0.5) is 5.69 Å². The Labute approximate surface area is 161 Å². The van der Waals surface area contributed by atoms with Crippen molar-refractivity contribution in [2.24, 2.45) is 0 Å². The highest BCUT2D eigenvalue weighted by molar-refractivity contribution is 6.06. The summed E-state index contributed by atoms with van der Waals surface area (Å²) in [5.41, 5.74) is 1.67. The first-order valence-electron chi connectivity index (χ1n) is 9.79. The molecule has 2 heterocycles. The molecular weight excluding hydrogens is 338 g/mol. The van der Waals surface area contributed by atoms with Crippen LogP contribution in [0.25, 0.3) is 0 Å². The van der Waals surface area contributed by atoms with Gasteiger partial charge in [0.15, 0.2) is 0 Å². The largest absolute Gasteiger partial charge is 0.336 e. The summed E-state index contributed by atoms with van der Waals surface area (Å²) in [6, 6.07) is 13.2. The van der Waals surface area contributed by atoms with E-state index in [1.165, 1.54) is 6.42 Å². The Kier molecular flexibility index (Phi) is 6.22. The van der Waals surface area contributed by atoms with Crippen molar-refractivity contribution < 1.29 is 9.59 Å². The number of hydrogen-bond acceptors (Lipinski definition) is 3. The molecule has 27 heavy (non-hydrogen) atoms. The minimum absolute atomic E-state index is 0.000703. The van der Waals surface area contributed by atoms with Gasteiger partial charge in [0, 0.05) is 36.6 Å². The summed E-state index contributed by atoms with van der Waals surface area (Å²) in [5, 5.41) is 0. The Morgan fingerprint density at radius 3 is 2.63 bits per heavy atom. The molecule has 0 aliphatic carbocycles. The van der Waals surface area contributed by atoms with Gasteiger partial charge in [-0.25, -0.2) is 0 Å². The molecule has 1 saturated heterocycles. The summed E-state index contributed by atoms with van der Waals surface area (Å²) < 4.78 is 0. The van der Waals surface area contributed by atoms with Crippen molar-refractivity contribution in [2.45, 2.75) is 45.6 Å². The number of aromatic nitrogens is 1. The number of carbonyl (C=O) groups excluding carboxylic acids is 2. The van der Waals surface area contributed by atoms with Crippen LogP contribution in [-0.4, -0.2) is 40.8 Å². The molecule has 0 N–H and O–H groups in total. The molecule has 0 radical (unpaired) electrons. The van der Waals surface area contributed by atoms with Crippen molar-refractivity contribution in [3.8, 4) is 0 Å². The lowest BCUT2D eigenvalue weighted by Crippen LogP contribution is -2.43. The van der Waals surface area contributed by atoms with Gasteiger partial charge >= 0.3 is 0 Å². The van der Waals surface area contributed by atoms with E-state index in [0.29, 0.717) is 17.8 Å². The highest BCUT2D eigenvalue weighted by Gasteiger charge is 2.27. The predicted molar refractivity (Wildman–Crippen MR) is 107 cm³/mol. The molecule has 2 aromatic rings. The number of likely N-dealkylation sites (tertiary alicyclic amines) is 1. The SMILES string of the molecule is CCC1CCCCN1C(=O)c1ccnc(C(=O)N(CC)c2ccccc2)c1. The Hall–Kier alpha value is -2.69. The zero-order valence-corrected chi connectivity index (χ0v) is 16.1. The van der Waals surface area contributed by atoms with Gasteiger partial charge in [0.05, 0.1) is 0 Å². The van der Waals surface area contributed by atoms with E-state index in [1.807, 2.05) is 42.2 Å². The summed E-state index contributed by atoms with van der Waals surface area (Å²) in [6.07, 6.45) is 5.78. The number of hydrogen-bond donors (Lipinski definition) is 0. The second-order valence-electron chi connectivity index (χ2n) is 6.87. The fourth-order valence-corrected chi connectivity index (χ4v) is 3.73. The van der Waals surface area contributed by atoms with E-state index < -0.39 is 0 Å². The molecular formula is C22H27N3O2. The number of rotatable bonds is 5. The minimum atomic E-state index is -0.191. The highest BCUT2D eigenvalue weighted by Crippen LogP contribution is 2.22. The lowest BCUT2D eigenvalue weighted by Gasteiger charge is -2.35. The van der Waals surface area contributed by atoms with Crippen LogP contribution in [0, 0.1) is 0 Å². The van der Waals surface area contributed by atoms with E-state index in [4.69, 9.17) is 0 Å². The third-order valence-corrected chi connectivity index (χ3v) is 5.21. The van der Waals surface area contributed by atoms with Crippen LogP contribution >= 0.6 is 0 Å². The number of piperidine rings is 1. The highest BCUT2D eigenvalue weighted by atomic mass is 16.2. The Bertz CT molecular complexity index is 791. The fraction of sp³-hybridized carbons (Fsp3) is 0.409. The van der Waals surface area contributed by atoms with Crippen LogP contribution in [-0.2, 0) is 0 Å². The van der Waals surface area contributed by atoms with Gasteiger partial charge in [-0.2, -0.15) is 0 Å². The van der Waals surface area contributed by atoms with Crippen molar-refractivity contribution in [1.82, 2.24) is 9.88 Å². The van der Waals surface area contributed by atoms with Crippen LogP contribution in [0.5, 0.6) is 0 Å². The van der Waals surface area contributed by atoms with Crippen molar-refractivity contribution >= 4 is 17.5 Å². The van der Waals surface area contributed by atoms with E-state index in [1.54, 1.807) is 23.2 Å². The third-order valence-electron chi connectivity index (χ3n) is 5.21. The van der Waals surface area contributed by atoms with Gasteiger partial charge in [-0.3, -0.25) is 14.6 Å². The molecule has 1 atom stereocenters. The summed E-state index contributed by atoms with van der Waals surface area (Å²) in [6.45, 7) is 5.37. The maximum atomic E-state index is 13.0. The van der Waals surface area contributed by atoms with Gasteiger partial charge in [-0.05, 0) is 56.9 Å². The van der Waals surface area contributed by atoms with Crippen LogP contribution in [0.15, 0.2) is 48.7 Å². The molecule has 1 aliphatic rings. The molecule has 5 nitrogen and oxygen atoms in total. The first kappa shape index (κ1) is 19.1. The maximum absolute atomic E-state index is 13.0. The van der Waals surface area contributed by atoms with Crippen LogP contribution in [0.3, 0.4) is 0 Å². The van der Waals surface area contributed by atoms with Gasteiger partial charge < -0.3 is 9.80 Å². The molecule has 3 rings (SSSR count). The van der Waals surface area contributed by atoms with Gasteiger partial charge in [0.2, 0.25) is 0 Å². The van der Waals surface area contributed by atoms with E-state index in [-0.39, 0.29) is 17.9 Å². The van der Waals surface area contributed by atoms with Gasteiger partial charge in [-0.15, -0.1) is 0 Å². The smallest absolute Gasteiger partial charge is 0.276 e. The number of pyridine rings is 1. The second-order valence-corrected chi connectivity index (χ2v) is 6.87. The fourth-order valence-electron chi connectivity index (χ4n) is 3.73. The normalized spacial score (nSPS) is 16.8. The van der Waals surface area contributed by atoms with Crippen LogP contribution < -0.4 is 4.90 Å². The summed E-state index contributed by atoms with van der Waals surface area (Å²) in [5.74, 6) is -0.190. The van der Waals surface area contributed by atoms with E-state index in [2.05, 4.69) is 11.9 Å². The molecule has 2 amide bonds. The van der Waals surface area contributed by atoms with Gasteiger partial charge in [-0.1, -0.05) is 25.1 Å². The van der Waals surface area contributed by atoms with Gasteiger partial charge in [0.1, 0.15) is 5.69 Å². The van der Waals surface area contributed by atoms with Crippen molar-refractivity contribution in [1.29, 1.82) is 0 Å². The maximum Gasteiger partial charge on any atom is 0.276 e.